The molecule has 0 saturated carbocycles. The van der Waals surface area contributed by atoms with Crippen molar-refractivity contribution >= 4 is 0 Å². The minimum absolute atomic E-state index is 1.11. The smallest absolute Gasteiger partial charge is 0.264 e. The Kier molecular flexibility index (Phi) is 7.63. The second-order valence-corrected chi connectivity index (χ2v) is 4.13. The topological polar surface area (TPSA) is 281 Å². The fourth-order valence-electron chi connectivity index (χ4n) is 1.85. The zero-order chi connectivity index (χ0) is 18.6. The lowest BCUT2D eigenvalue weighted by molar-refractivity contribution is -0.677. The highest BCUT2D eigenvalue weighted by Gasteiger charge is 2.69. The van der Waals surface area contributed by atoms with Gasteiger partial charge in [0.15, 0.2) is 0 Å². The molecule has 0 bridgehead atoms. The maximum atomic E-state index is 11.6. The minimum Gasteiger partial charge on any atom is -0.264 e. The van der Waals surface area contributed by atoms with E-state index in [0.29, 0.717) is 0 Å². The van der Waals surface area contributed by atoms with E-state index in [1.807, 2.05) is 0 Å². The first kappa shape index (κ1) is 20.0. The van der Waals surface area contributed by atoms with E-state index >= 15 is 0 Å². The molecule has 24 heavy (non-hydrogen) atoms. The molecule has 0 saturated heterocycles. The van der Waals surface area contributed by atoms with Gasteiger partial charge in [0.05, 0.1) is 0 Å². The Bertz CT molecular complexity index is 590. The first-order valence-corrected chi connectivity index (χ1v) is 5.71. The summed E-state index contributed by atoms with van der Waals surface area (Å²) in [4.78, 5) is 30.0. The van der Waals surface area contributed by atoms with Crippen molar-refractivity contribution in [2.75, 3.05) is 26.2 Å². The summed E-state index contributed by atoms with van der Waals surface area (Å²) in [6.45, 7) is -4.45. The van der Waals surface area contributed by atoms with Gasteiger partial charge in [-0.1, -0.05) is 20.5 Å². The Morgan fingerprint density at radius 2 is 0.875 bits per heavy atom. The van der Waals surface area contributed by atoms with Crippen molar-refractivity contribution in [2.24, 2.45) is 20.5 Å². The van der Waals surface area contributed by atoms with Crippen molar-refractivity contribution in [2.45, 2.75) is 11.1 Å². The van der Waals surface area contributed by atoms with Crippen molar-refractivity contribution in [3.05, 3.63) is 62.0 Å². The van der Waals surface area contributed by atoms with Crippen LogP contribution in [0.25, 0.3) is 41.8 Å². The monoisotopic (exact) mass is 340 g/mol. The van der Waals surface area contributed by atoms with E-state index < -0.39 is 47.1 Å². The van der Waals surface area contributed by atoms with Gasteiger partial charge in [-0.3, -0.25) is 20.2 Å². The predicted molar refractivity (Wildman–Crippen MR) is 75.5 cm³/mol. The lowest BCUT2D eigenvalue weighted by atomic mass is 9.76. The molecule has 0 amide bonds. The number of nitrogens with zero attached hydrogens (tertiary/aromatic N) is 14. The second-order valence-electron chi connectivity index (χ2n) is 4.13. The van der Waals surface area contributed by atoms with Crippen LogP contribution in [0.15, 0.2) is 20.5 Å². The molecule has 0 heterocycles. The highest BCUT2D eigenvalue weighted by molar-refractivity contribution is 5.07. The van der Waals surface area contributed by atoms with Crippen LogP contribution in [0.4, 0.5) is 0 Å². The SMILES string of the molecule is [N-]=[N+]=NCC(CN=[N+]=[N-])([N+](=O)[O-])C(CN=[N+]=[N-])(CN=[N+]=[N-])[N+](=O)[O-]. The van der Waals surface area contributed by atoms with E-state index in [4.69, 9.17) is 22.1 Å². The van der Waals surface area contributed by atoms with Crippen LogP contribution < -0.4 is 0 Å². The van der Waals surface area contributed by atoms with Gasteiger partial charge in [0.2, 0.25) is 0 Å². The van der Waals surface area contributed by atoms with Crippen LogP contribution in [-0.2, 0) is 0 Å². The fourth-order valence-corrected chi connectivity index (χ4v) is 1.85. The molecule has 0 aliphatic carbocycles. The summed E-state index contributed by atoms with van der Waals surface area (Å²) < 4.78 is 0. The third-order valence-corrected chi connectivity index (χ3v) is 3.15. The maximum Gasteiger partial charge on any atom is 0.302 e. The Hall–Kier alpha value is -3.96. The number of rotatable bonds is 11. The number of hydrogen-bond donors (Lipinski definition) is 0. The van der Waals surface area contributed by atoms with Crippen LogP contribution in [-0.4, -0.2) is 47.1 Å². The third-order valence-electron chi connectivity index (χ3n) is 3.15. The summed E-state index contributed by atoms with van der Waals surface area (Å²) >= 11 is 0. The second kappa shape index (κ2) is 9.14. The van der Waals surface area contributed by atoms with Crippen molar-refractivity contribution in [3.8, 4) is 0 Å². The van der Waals surface area contributed by atoms with E-state index in [2.05, 4.69) is 40.1 Å². The van der Waals surface area contributed by atoms with E-state index in [0.717, 1.165) is 0 Å². The summed E-state index contributed by atoms with van der Waals surface area (Å²) in [5, 5.41) is 35.0. The van der Waals surface area contributed by atoms with Crippen LogP contribution in [0.1, 0.15) is 0 Å². The molecular weight excluding hydrogens is 332 g/mol. The average molecular weight is 340 g/mol. The van der Waals surface area contributed by atoms with E-state index in [1.165, 1.54) is 0 Å². The first-order chi connectivity index (χ1) is 11.4. The van der Waals surface area contributed by atoms with Crippen LogP contribution in [0.2, 0.25) is 0 Å². The highest BCUT2D eigenvalue weighted by Crippen LogP contribution is 2.32. The Morgan fingerprint density at radius 3 is 1.00 bits per heavy atom. The Morgan fingerprint density at radius 1 is 0.667 bits per heavy atom. The van der Waals surface area contributed by atoms with Crippen LogP contribution in [0.5, 0.6) is 0 Å². The summed E-state index contributed by atoms with van der Waals surface area (Å²) in [7, 11) is 0. The largest absolute Gasteiger partial charge is 0.302 e. The van der Waals surface area contributed by atoms with E-state index in [1.54, 1.807) is 0 Å². The molecule has 0 aliphatic heterocycles. The van der Waals surface area contributed by atoms with Gasteiger partial charge >= 0.3 is 11.1 Å². The molecule has 126 valence electrons. The van der Waals surface area contributed by atoms with Gasteiger partial charge < -0.3 is 0 Å². The summed E-state index contributed by atoms with van der Waals surface area (Å²) in [6, 6.07) is 0. The molecule has 0 aromatic rings. The van der Waals surface area contributed by atoms with Crippen molar-refractivity contribution in [1.29, 1.82) is 0 Å². The normalized spacial score (nSPS) is 14.2. The maximum absolute atomic E-state index is 11.6. The van der Waals surface area contributed by atoms with Crippen molar-refractivity contribution in [1.82, 2.24) is 0 Å². The predicted octanol–water partition coefficient (Wildman–Crippen LogP) is 2.26. The average Bonchev–Trinajstić information content (AvgIpc) is 2.55. The van der Waals surface area contributed by atoms with Crippen LogP contribution in [0, 0.1) is 20.2 Å². The molecule has 0 aromatic carbocycles. The van der Waals surface area contributed by atoms with Gasteiger partial charge in [-0.05, 0) is 22.1 Å². The third kappa shape index (κ3) is 3.82. The van der Waals surface area contributed by atoms with Gasteiger partial charge in [-0.2, -0.15) is 0 Å². The Balaban J connectivity index is 6.78. The molecule has 0 atom stereocenters. The summed E-state index contributed by atoms with van der Waals surface area (Å²) in [6.07, 6.45) is 0. The molecule has 0 rings (SSSR count). The Labute approximate surface area is 130 Å². The van der Waals surface area contributed by atoms with Gasteiger partial charge in [-0.15, -0.1) is 0 Å². The summed E-state index contributed by atoms with van der Waals surface area (Å²) in [5.41, 5.74) is 28.0. The zero-order valence-corrected chi connectivity index (χ0v) is 11.7. The number of azide groups is 4. The minimum atomic E-state index is -2.81. The van der Waals surface area contributed by atoms with Crippen LogP contribution in [0.3, 0.4) is 0 Å². The van der Waals surface area contributed by atoms with Gasteiger partial charge in [0, 0.05) is 29.5 Å². The quantitative estimate of drug-likeness (QED) is 0.179. The zero-order valence-electron chi connectivity index (χ0n) is 11.7. The first-order valence-electron chi connectivity index (χ1n) is 5.71. The molecule has 18 nitrogen and oxygen atoms in total. The van der Waals surface area contributed by atoms with E-state index in [9.17, 15) is 20.2 Å². The highest BCUT2D eigenvalue weighted by atomic mass is 16.7. The molecule has 0 spiro atoms. The molecule has 0 aliphatic rings. The van der Waals surface area contributed by atoms with Crippen LogP contribution >= 0.6 is 0 Å². The summed E-state index contributed by atoms with van der Waals surface area (Å²) in [5.74, 6) is 0. The van der Waals surface area contributed by atoms with E-state index in [-0.39, 0.29) is 0 Å². The lowest BCUT2D eigenvalue weighted by Crippen LogP contribution is -2.70. The molecule has 0 fully saturated rings. The molecule has 0 aromatic heterocycles. The van der Waals surface area contributed by atoms with Crippen molar-refractivity contribution in [3.63, 3.8) is 0 Å². The van der Waals surface area contributed by atoms with Gasteiger partial charge in [0.1, 0.15) is 26.2 Å². The molecule has 0 radical (unpaired) electrons. The van der Waals surface area contributed by atoms with Crippen molar-refractivity contribution < 1.29 is 9.85 Å². The fraction of sp³-hybridized carbons (Fsp3) is 1.00. The molecule has 18 heteroatoms. The number of nitro groups is 2. The van der Waals surface area contributed by atoms with Gasteiger partial charge in [0.25, 0.3) is 0 Å². The van der Waals surface area contributed by atoms with Gasteiger partial charge in [-0.25, -0.2) is 0 Å². The molecular formula is C6H8N14O4. The molecule has 0 unspecified atom stereocenters. The lowest BCUT2D eigenvalue weighted by Gasteiger charge is -2.33. The number of hydrogen-bond acceptors (Lipinski definition) is 8. The molecule has 0 N–H and O–H groups in total. The standard InChI is InChI=1S/C6H8N14O4/c7-15-11-1-5(19(21)22,2-12-16-8)6(20(23)24,3-13-17-9)4-14-18-10/h1-4H2.